The molecule has 9 heteroatoms. The van der Waals surface area contributed by atoms with E-state index in [2.05, 4.69) is 104 Å². The third kappa shape index (κ3) is 4.51. The summed E-state index contributed by atoms with van der Waals surface area (Å²) in [6, 6.07) is 47.6. The van der Waals surface area contributed by atoms with Gasteiger partial charge in [-0.05, 0) is 53.9 Å². The summed E-state index contributed by atoms with van der Waals surface area (Å²) in [6.45, 7) is 0. The number of rotatable bonds is 5. The largest absolute Gasteiger partial charge is 0.347 e. The molecular formula is C47H29N9. The van der Waals surface area contributed by atoms with Crippen molar-refractivity contribution in [2.75, 3.05) is 0 Å². The van der Waals surface area contributed by atoms with Crippen LogP contribution in [0.25, 0.3) is 111 Å². The molecule has 0 unspecified atom stereocenters. The molecule has 0 saturated heterocycles. The van der Waals surface area contributed by atoms with Gasteiger partial charge in [0.15, 0.2) is 11.5 Å². The molecule has 0 amide bonds. The molecule has 0 spiro atoms. The predicted molar refractivity (Wildman–Crippen MR) is 224 cm³/mol. The first-order valence-electron chi connectivity index (χ1n) is 18.5. The quantitative estimate of drug-likeness (QED) is 0.184. The van der Waals surface area contributed by atoms with E-state index < -0.39 is 0 Å². The van der Waals surface area contributed by atoms with E-state index in [1.165, 1.54) is 0 Å². The van der Waals surface area contributed by atoms with Gasteiger partial charge in [-0.2, -0.15) is 0 Å². The van der Waals surface area contributed by atoms with Crippen molar-refractivity contribution in [2.45, 2.75) is 0 Å². The summed E-state index contributed by atoms with van der Waals surface area (Å²) in [5.41, 5.74) is 9.96. The van der Waals surface area contributed by atoms with Crippen LogP contribution in [0.15, 0.2) is 164 Å². The lowest BCUT2D eigenvalue weighted by Crippen LogP contribution is -2.04. The molecule has 0 atom stereocenters. The molecule has 4 aromatic carbocycles. The van der Waals surface area contributed by atoms with Crippen molar-refractivity contribution in [1.82, 2.24) is 43.9 Å². The zero-order chi connectivity index (χ0) is 36.7. The second kappa shape index (κ2) is 11.8. The number of pyridine rings is 4. The maximum absolute atomic E-state index is 5.52. The Bertz CT molecular complexity index is 3470. The average molecular weight is 720 g/mol. The average Bonchev–Trinajstić information content (AvgIpc) is 4.06. The van der Waals surface area contributed by atoms with Crippen molar-refractivity contribution >= 4 is 60.2 Å². The molecule has 12 rings (SSSR count). The summed E-state index contributed by atoms with van der Waals surface area (Å²) in [4.78, 5) is 33.9. The normalized spacial score (nSPS) is 11.9. The fourth-order valence-corrected chi connectivity index (χ4v) is 8.24. The maximum Gasteiger partial charge on any atom is 0.180 e. The third-order valence-corrected chi connectivity index (χ3v) is 10.8. The Labute approximate surface area is 318 Å². The molecule has 0 aliphatic heterocycles. The van der Waals surface area contributed by atoms with E-state index in [1.54, 1.807) is 0 Å². The van der Waals surface area contributed by atoms with Gasteiger partial charge in [0.25, 0.3) is 0 Å². The minimum atomic E-state index is 0.559. The van der Waals surface area contributed by atoms with Gasteiger partial charge in [0.1, 0.15) is 28.5 Å². The Morgan fingerprint density at radius 2 is 1.32 bits per heavy atom. The van der Waals surface area contributed by atoms with E-state index in [0.717, 1.165) is 88.4 Å². The van der Waals surface area contributed by atoms with E-state index in [-0.39, 0.29) is 0 Å². The van der Waals surface area contributed by atoms with Crippen LogP contribution in [-0.4, -0.2) is 43.9 Å². The molecule has 9 nitrogen and oxygen atoms in total. The molecule has 56 heavy (non-hydrogen) atoms. The van der Waals surface area contributed by atoms with Gasteiger partial charge in [-0.15, -0.1) is 0 Å². The van der Waals surface area contributed by atoms with Crippen molar-refractivity contribution in [3.63, 3.8) is 0 Å². The summed E-state index contributed by atoms with van der Waals surface area (Å²) < 4.78 is 4.36. The Hall–Kier alpha value is -7.91. The lowest BCUT2D eigenvalue weighted by molar-refractivity contribution is 1.05. The van der Waals surface area contributed by atoms with Crippen molar-refractivity contribution in [1.29, 1.82) is 0 Å². The first-order valence-corrected chi connectivity index (χ1v) is 18.5. The highest BCUT2D eigenvalue weighted by Crippen LogP contribution is 2.46. The van der Waals surface area contributed by atoms with E-state index >= 15 is 0 Å². The van der Waals surface area contributed by atoms with Crippen LogP contribution < -0.4 is 0 Å². The van der Waals surface area contributed by atoms with Crippen molar-refractivity contribution in [3.05, 3.63) is 164 Å². The predicted octanol–water partition coefficient (Wildman–Crippen LogP) is 10.8. The van der Waals surface area contributed by atoms with Gasteiger partial charge in [-0.25, -0.2) is 19.9 Å². The number of hydrogen-bond acceptors (Lipinski definition) is 5. The van der Waals surface area contributed by atoms with E-state index in [0.29, 0.717) is 23.0 Å². The van der Waals surface area contributed by atoms with Crippen LogP contribution in [0.4, 0.5) is 0 Å². The van der Waals surface area contributed by atoms with Crippen LogP contribution in [0.5, 0.6) is 0 Å². The molecule has 2 N–H and O–H groups in total. The Balaban J connectivity index is 1.32. The first kappa shape index (κ1) is 30.5. The summed E-state index contributed by atoms with van der Waals surface area (Å²) in [6.07, 6.45) is 8.08. The van der Waals surface area contributed by atoms with Gasteiger partial charge in [0.2, 0.25) is 0 Å². The summed E-state index contributed by atoms with van der Waals surface area (Å²) in [5.74, 6) is 2.22. The molecule has 0 saturated carbocycles. The van der Waals surface area contributed by atoms with E-state index in [1.807, 2.05) is 79.1 Å². The van der Waals surface area contributed by atoms with Gasteiger partial charge in [-0.3, -0.25) is 9.55 Å². The van der Waals surface area contributed by atoms with Gasteiger partial charge >= 0.3 is 0 Å². The number of nitrogens with one attached hydrogen (secondary N) is 2. The number of H-pyrrole nitrogens is 2. The SMILES string of the molecule is c1ccc2nc(-c3nc4nc(-c5nccc6ccccc56)n(-c5[nH]cc6ccccc56)c4c(-c4ccn5ccccc45)c3-c3nc4ccccc4[nH]3)ccc2c1. The zero-order valence-corrected chi connectivity index (χ0v) is 29.7. The van der Waals surface area contributed by atoms with Gasteiger partial charge in [-0.1, -0.05) is 91.0 Å². The lowest BCUT2D eigenvalue weighted by atomic mass is 9.95. The summed E-state index contributed by atoms with van der Waals surface area (Å²) in [5, 5.41) is 5.25. The number of nitrogens with zero attached hydrogens (tertiary/aromatic N) is 7. The van der Waals surface area contributed by atoms with Crippen LogP contribution in [-0.2, 0) is 0 Å². The minimum Gasteiger partial charge on any atom is -0.347 e. The highest BCUT2D eigenvalue weighted by molar-refractivity contribution is 6.10. The molecule has 0 aliphatic rings. The van der Waals surface area contributed by atoms with Crippen LogP contribution in [0.1, 0.15) is 0 Å². The fourth-order valence-electron chi connectivity index (χ4n) is 8.24. The maximum atomic E-state index is 5.52. The Morgan fingerprint density at radius 1 is 0.536 bits per heavy atom. The van der Waals surface area contributed by atoms with Crippen LogP contribution in [0, 0.1) is 0 Å². The lowest BCUT2D eigenvalue weighted by Gasteiger charge is -2.17. The smallest absolute Gasteiger partial charge is 0.180 e. The highest BCUT2D eigenvalue weighted by Gasteiger charge is 2.30. The van der Waals surface area contributed by atoms with Crippen LogP contribution >= 0.6 is 0 Å². The Morgan fingerprint density at radius 3 is 2.23 bits per heavy atom. The monoisotopic (exact) mass is 719 g/mol. The second-order valence-electron chi connectivity index (χ2n) is 14.0. The number of aromatic amines is 2. The van der Waals surface area contributed by atoms with Gasteiger partial charge < -0.3 is 14.4 Å². The molecule has 12 aromatic rings. The number of hydrogen-bond donors (Lipinski definition) is 2. The summed E-state index contributed by atoms with van der Waals surface area (Å²) >= 11 is 0. The fraction of sp³-hybridized carbons (Fsp3) is 0. The summed E-state index contributed by atoms with van der Waals surface area (Å²) in [7, 11) is 0. The van der Waals surface area contributed by atoms with Gasteiger partial charge in [0.05, 0.1) is 33.3 Å². The molecule has 0 radical (unpaired) electrons. The molecule has 0 bridgehead atoms. The molecule has 0 aliphatic carbocycles. The van der Waals surface area contributed by atoms with Crippen molar-refractivity contribution in [2.24, 2.45) is 0 Å². The number of aromatic nitrogens is 9. The molecular weight excluding hydrogens is 691 g/mol. The van der Waals surface area contributed by atoms with E-state index in [9.17, 15) is 0 Å². The molecule has 8 aromatic heterocycles. The number of para-hydroxylation sites is 3. The Kier molecular flexibility index (Phi) is 6.43. The minimum absolute atomic E-state index is 0.559. The standard InChI is InChI=1S/C47H29N9/c1-4-14-31-28(11-1)22-24-48-41(31)47-54-45-43(56(47)46-32-15-5-2-13-30(32)27-49-46)39(33-23-26-55-25-10-9-19-38(33)55)40(44-51-35-17-7-8-18-36(35)52-44)42(53-45)37-21-20-29-12-3-6-16-34(29)50-37/h1-27,49H,(H,51,52). The number of fused-ring (bicyclic) bond motifs is 6. The van der Waals surface area contributed by atoms with Crippen molar-refractivity contribution in [3.8, 4) is 51.2 Å². The number of imidazole rings is 2. The topological polar surface area (TPSA) is 105 Å². The van der Waals surface area contributed by atoms with Crippen LogP contribution in [0.3, 0.4) is 0 Å². The first-order chi connectivity index (χ1) is 27.8. The highest BCUT2D eigenvalue weighted by atomic mass is 15.2. The molecule has 0 fully saturated rings. The second-order valence-corrected chi connectivity index (χ2v) is 14.0. The molecule has 262 valence electrons. The van der Waals surface area contributed by atoms with Gasteiger partial charge in [0, 0.05) is 57.5 Å². The van der Waals surface area contributed by atoms with E-state index in [4.69, 9.17) is 24.9 Å². The third-order valence-electron chi connectivity index (χ3n) is 10.8. The van der Waals surface area contributed by atoms with Crippen molar-refractivity contribution < 1.29 is 0 Å². The zero-order valence-electron chi connectivity index (χ0n) is 29.7. The number of benzene rings is 4. The van der Waals surface area contributed by atoms with Crippen LogP contribution in [0.2, 0.25) is 0 Å². The molecule has 8 heterocycles.